The van der Waals surface area contributed by atoms with Crippen LogP contribution in [0.3, 0.4) is 0 Å². The third-order valence-corrected chi connectivity index (χ3v) is 2.93. The molecule has 0 rings (SSSR count). The minimum Gasteiger partial charge on any atom is -0.413 e. The zero-order valence-electron chi connectivity index (χ0n) is 7.16. The van der Waals surface area contributed by atoms with Gasteiger partial charge in [0.25, 0.3) is 0 Å². The van der Waals surface area contributed by atoms with E-state index in [0.717, 1.165) is 19.3 Å². The molecule has 0 aliphatic heterocycles. The Labute approximate surface area is 70.1 Å². The topological polar surface area (TPSA) is 66.5 Å². The fourth-order valence-electron chi connectivity index (χ4n) is 1.12. The van der Waals surface area contributed by atoms with E-state index in [4.69, 9.17) is 15.3 Å². The van der Waals surface area contributed by atoms with Crippen LogP contribution >= 0.6 is 0 Å². The first-order chi connectivity index (χ1) is 5.20. The van der Waals surface area contributed by atoms with Crippen LogP contribution in [0.5, 0.6) is 0 Å². The molecule has 0 heterocycles. The molecule has 0 aromatic carbocycles. The van der Waals surface area contributed by atoms with Crippen LogP contribution < -0.4 is 5.73 Å². The third-order valence-electron chi connectivity index (χ3n) is 1.84. The van der Waals surface area contributed by atoms with Crippen molar-refractivity contribution in [2.45, 2.75) is 32.2 Å². The Kier molecular flexibility index (Phi) is 6.85. The molecule has 11 heavy (non-hydrogen) atoms. The van der Waals surface area contributed by atoms with Gasteiger partial charge in [0, 0.05) is 0 Å². The van der Waals surface area contributed by atoms with E-state index in [1.807, 2.05) is 0 Å². The van der Waals surface area contributed by atoms with Crippen LogP contribution in [0.25, 0.3) is 0 Å². The summed E-state index contributed by atoms with van der Waals surface area (Å²) in [5, 5.41) is 0. The Morgan fingerprint density at radius 3 is 2.45 bits per heavy atom. The van der Waals surface area contributed by atoms with E-state index in [-0.39, 0.29) is 0 Å². The zero-order chi connectivity index (χ0) is 8.69. The van der Waals surface area contributed by atoms with E-state index in [2.05, 4.69) is 6.92 Å². The lowest BCUT2D eigenvalue weighted by atomic mass is 10.1. The molecular weight excluding hydrogens is 158 g/mol. The van der Waals surface area contributed by atoms with Gasteiger partial charge in [-0.1, -0.05) is 19.8 Å². The summed E-state index contributed by atoms with van der Waals surface area (Å²) in [5.41, 5.74) is 5.46. The molecule has 0 aromatic rings. The summed E-state index contributed by atoms with van der Waals surface area (Å²) >= 11 is 0. The van der Waals surface area contributed by atoms with E-state index in [9.17, 15) is 0 Å². The van der Waals surface area contributed by atoms with Crippen molar-refractivity contribution in [1.82, 2.24) is 0 Å². The molecular formula is C7H19NO2Si. The molecule has 0 fully saturated rings. The maximum absolute atomic E-state index is 8.79. The summed E-state index contributed by atoms with van der Waals surface area (Å²) in [5.74, 6) is 0.335. The van der Waals surface area contributed by atoms with Crippen LogP contribution in [0.4, 0.5) is 0 Å². The minimum absolute atomic E-state index is 0.335. The predicted molar refractivity (Wildman–Crippen MR) is 48.5 cm³/mol. The van der Waals surface area contributed by atoms with Gasteiger partial charge in [-0.05, 0) is 24.9 Å². The first-order valence-electron chi connectivity index (χ1n) is 4.26. The van der Waals surface area contributed by atoms with Crippen LogP contribution in [0.15, 0.2) is 0 Å². The standard InChI is InChI=1S/C7H19NO2Si/c1-2-3-4-7(5-8)6-11(9)10/h7,9-11H,2-6,8H2,1H3. The fourth-order valence-corrected chi connectivity index (χ4v) is 2.15. The Morgan fingerprint density at radius 2 is 2.09 bits per heavy atom. The summed E-state index contributed by atoms with van der Waals surface area (Å²) in [6.07, 6.45) is 3.33. The molecule has 0 bridgehead atoms. The highest BCUT2D eigenvalue weighted by Crippen LogP contribution is 2.12. The summed E-state index contributed by atoms with van der Waals surface area (Å²) < 4.78 is 0. The van der Waals surface area contributed by atoms with Gasteiger partial charge < -0.3 is 15.3 Å². The van der Waals surface area contributed by atoms with Crippen LogP contribution in [0, 0.1) is 5.92 Å². The van der Waals surface area contributed by atoms with Crippen molar-refractivity contribution in [3.63, 3.8) is 0 Å². The smallest absolute Gasteiger partial charge is 0.316 e. The second-order valence-corrected chi connectivity index (χ2v) is 4.39. The van der Waals surface area contributed by atoms with Gasteiger partial charge in [0.05, 0.1) is 0 Å². The Morgan fingerprint density at radius 1 is 1.45 bits per heavy atom. The highest BCUT2D eigenvalue weighted by atomic mass is 28.3. The maximum Gasteiger partial charge on any atom is 0.316 e. The molecule has 1 unspecified atom stereocenters. The Hall–Kier alpha value is 0.0969. The zero-order valence-corrected chi connectivity index (χ0v) is 8.32. The van der Waals surface area contributed by atoms with Crippen molar-refractivity contribution in [2.75, 3.05) is 6.54 Å². The van der Waals surface area contributed by atoms with Gasteiger partial charge >= 0.3 is 9.28 Å². The van der Waals surface area contributed by atoms with Gasteiger partial charge in [-0.3, -0.25) is 0 Å². The average Bonchev–Trinajstić information content (AvgIpc) is 1.97. The maximum atomic E-state index is 8.79. The van der Waals surface area contributed by atoms with Gasteiger partial charge in [0.1, 0.15) is 0 Å². The first kappa shape index (κ1) is 11.1. The second kappa shape index (κ2) is 6.79. The van der Waals surface area contributed by atoms with Crippen LogP contribution in [-0.4, -0.2) is 25.4 Å². The van der Waals surface area contributed by atoms with Gasteiger partial charge in [0.15, 0.2) is 0 Å². The van der Waals surface area contributed by atoms with E-state index < -0.39 is 9.28 Å². The highest BCUT2D eigenvalue weighted by molar-refractivity contribution is 6.41. The van der Waals surface area contributed by atoms with Gasteiger partial charge in [-0.25, -0.2) is 0 Å². The van der Waals surface area contributed by atoms with Gasteiger partial charge in [0.2, 0.25) is 0 Å². The Bertz CT molecular complexity index is 90.5. The van der Waals surface area contributed by atoms with Crippen LogP contribution in [0.2, 0.25) is 6.04 Å². The van der Waals surface area contributed by atoms with E-state index in [1.165, 1.54) is 0 Å². The van der Waals surface area contributed by atoms with Crippen molar-refractivity contribution in [3.8, 4) is 0 Å². The monoisotopic (exact) mass is 177 g/mol. The fraction of sp³-hybridized carbons (Fsp3) is 1.00. The SMILES string of the molecule is CCCCC(CN)C[SiH](O)O. The summed E-state index contributed by atoms with van der Waals surface area (Å²) in [7, 11) is -2.37. The van der Waals surface area contributed by atoms with Crippen molar-refractivity contribution >= 4 is 9.28 Å². The lowest BCUT2D eigenvalue weighted by Crippen LogP contribution is -2.22. The lowest BCUT2D eigenvalue weighted by Gasteiger charge is -2.13. The molecule has 0 saturated heterocycles. The van der Waals surface area contributed by atoms with Crippen LogP contribution in [0.1, 0.15) is 26.2 Å². The first-order valence-corrected chi connectivity index (χ1v) is 6.11. The summed E-state index contributed by atoms with van der Waals surface area (Å²) in [6.45, 7) is 2.71. The Balaban J connectivity index is 3.41. The van der Waals surface area contributed by atoms with E-state index in [0.29, 0.717) is 18.5 Å². The quantitative estimate of drug-likeness (QED) is 0.499. The van der Waals surface area contributed by atoms with Gasteiger partial charge in [-0.15, -0.1) is 0 Å². The molecule has 1 atom stereocenters. The number of hydrogen-bond donors (Lipinski definition) is 3. The molecule has 0 amide bonds. The lowest BCUT2D eigenvalue weighted by molar-refractivity contribution is 0.379. The normalized spacial score (nSPS) is 13.9. The summed E-state index contributed by atoms with van der Waals surface area (Å²) in [6, 6.07) is 0.552. The van der Waals surface area contributed by atoms with Crippen molar-refractivity contribution in [2.24, 2.45) is 11.7 Å². The molecule has 0 aliphatic carbocycles. The molecule has 4 heteroatoms. The predicted octanol–water partition coefficient (Wildman–Crippen LogP) is -0.0434. The number of unbranched alkanes of at least 4 members (excludes halogenated alkanes) is 1. The van der Waals surface area contributed by atoms with Crippen molar-refractivity contribution < 1.29 is 9.59 Å². The third kappa shape index (κ3) is 6.49. The van der Waals surface area contributed by atoms with Gasteiger partial charge in [-0.2, -0.15) is 0 Å². The summed E-state index contributed by atoms with van der Waals surface area (Å²) in [4.78, 5) is 17.6. The molecule has 4 N–H and O–H groups in total. The van der Waals surface area contributed by atoms with Crippen LogP contribution in [-0.2, 0) is 0 Å². The molecule has 0 spiro atoms. The number of nitrogens with two attached hydrogens (primary N) is 1. The van der Waals surface area contributed by atoms with E-state index in [1.54, 1.807) is 0 Å². The van der Waals surface area contributed by atoms with Crippen molar-refractivity contribution in [1.29, 1.82) is 0 Å². The van der Waals surface area contributed by atoms with Crippen molar-refractivity contribution in [3.05, 3.63) is 0 Å². The second-order valence-electron chi connectivity index (χ2n) is 2.96. The molecule has 0 radical (unpaired) electrons. The molecule has 0 aliphatic rings. The number of rotatable bonds is 6. The number of hydrogen-bond acceptors (Lipinski definition) is 3. The largest absolute Gasteiger partial charge is 0.413 e. The molecule has 0 aromatic heterocycles. The minimum atomic E-state index is -2.37. The molecule has 0 saturated carbocycles. The average molecular weight is 177 g/mol. The highest BCUT2D eigenvalue weighted by Gasteiger charge is 2.11. The molecule has 3 nitrogen and oxygen atoms in total. The van der Waals surface area contributed by atoms with E-state index >= 15 is 0 Å². The molecule has 68 valence electrons.